The van der Waals surface area contributed by atoms with Gasteiger partial charge in [-0.15, -0.1) is 0 Å². The van der Waals surface area contributed by atoms with Gasteiger partial charge < -0.3 is 30.3 Å². The molecule has 15 nitrogen and oxygen atoms in total. The number of nitro groups is 1. The van der Waals surface area contributed by atoms with E-state index in [4.69, 9.17) is 9.47 Å². The lowest BCUT2D eigenvalue weighted by Crippen LogP contribution is -2.36. The molecule has 1 aromatic heterocycles. The van der Waals surface area contributed by atoms with Crippen molar-refractivity contribution < 1.29 is 43.8 Å². The number of aromatic nitrogens is 2. The predicted molar refractivity (Wildman–Crippen MR) is 181 cm³/mol. The molecule has 15 heteroatoms. The fourth-order valence-corrected chi connectivity index (χ4v) is 5.64. The van der Waals surface area contributed by atoms with Crippen LogP contribution in [0, 0.1) is 10.1 Å². The van der Waals surface area contributed by atoms with Crippen molar-refractivity contribution in [2.24, 2.45) is 0 Å². The molecule has 4 N–H and O–H groups in total. The molecular weight excluding hydrogens is 650 g/mol. The first-order valence-electron chi connectivity index (χ1n) is 16.3. The van der Waals surface area contributed by atoms with E-state index in [-0.39, 0.29) is 60.0 Å². The predicted octanol–water partition coefficient (Wildman–Crippen LogP) is 4.15. The minimum absolute atomic E-state index is 0.0297. The first-order valence-corrected chi connectivity index (χ1v) is 16.3. The standard InChI is InChI=1S/C35H41N5O10/c1-22-7-6-10-26(41)9-5-3-4-8-24-17-29(42)33(34(45)32(24)35(46)50-22)28(23-11-13-27(49-2)14-12-23)18-30(43)36-15-16-37-31(44)21-39-20-25(19-38-39)40(47)48/h4,8,11-14,17,19-20,22,28,42,45H,3,5-7,9-10,15-16,18,21H2,1-2H3,(H,36,43)(H,37,44)/b8-4+/t22-,28?/m0/s1. The fourth-order valence-electron chi connectivity index (χ4n) is 5.64. The van der Waals surface area contributed by atoms with Crippen LogP contribution in [0.25, 0.3) is 6.08 Å². The van der Waals surface area contributed by atoms with Crippen molar-refractivity contribution in [2.45, 2.75) is 70.4 Å². The van der Waals surface area contributed by atoms with Crippen molar-refractivity contribution in [2.75, 3.05) is 20.2 Å². The molecule has 1 aliphatic rings. The zero-order valence-electron chi connectivity index (χ0n) is 27.9. The van der Waals surface area contributed by atoms with Crippen molar-refractivity contribution in [3.8, 4) is 17.2 Å². The van der Waals surface area contributed by atoms with Gasteiger partial charge in [0.05, 0.1) is 18.1 Å². The Morgan fingerprint density at radius 3 is 2.50 bits per heavy atom. The maximum Gasteiger partial charge on any atom is 0.342 e. The number of esters is 1. The summed E-state index contributed by atoms with van der Waals surface area (Å²) in [4.78, 5) is 61.4. The van der Waals surface area contributed by atoms with Gasteiger partial charge in [-0.05, 0) is 61.9 Å². The topological polar surface area (TPSA) is 212 Å². The Balaban J connectivity index is 1.56. The van der Waals surface area contributed by atoms with Gasteiger partial charge in [0.15, 0.2) is 0 Å². The molecule has 2 aromatic carbocycles. The molecule has 0 radical (unpaired) electrons. The molecule has 4 rings (SSSR count). The van der Waals surface area contributed by atoms with Crippen molar-refractivity contribution in [3.05, 3.63) is 81.2 Å². The summed E-state index contributed by atoms with van der Waals surface area (Å²) in [6.07, 6.45) is 7.70. The third kappa shape index (κ3) is 10.1. The molecule has 2 atom stereocenters. The highest BCUT2D eigenvalue weighted by molar-refractivity contribution is 5.98. The minimum Gasteiger partial charge on any atom is -0.507 e. The molecule has 0 saturated carbocycles. The highest BCUT2D eigenvalue weighted by Gasteiger charge is 2.31. The molecule has 0 spiro atoms. The molecule has 50 heavy (non-hydrogen) atoms. The second-order valence-corrected chi connectivity index (χ2v) is 11.9. The second kappa shape index (κ2) is 17.6. The third-order valence-corrected chi connectivity index (χ3v) is 8.21. The summed E-state index contributed by atoms with van der Waals surface area (Å²) < 4.78 is 12.1. The number of allylic oxidation sites excluding steroid dienone is 1. The van der Waals surface area contributed by atoms with Gasteiger partial charge in [-0.1, -0.05) is 24.3 Å². The number of cyclic esters (lactones) is 1. The number of phenols is 2. The van der Waals surface area contributed by atoms with Gasteiger partial charge in [-0.2, -0.15) is 5.10 Å². The number of carbonyl (C=O) groups is 4. The summed E-state index contributed by atoms with van der Waals surface area (Å²) >= 11 is 0. The molecule has 0 aliphatic carbocycles. The van der Waals surface area contributed by atoms with Crippen molar-refractivity contribution in [3.63, 3.8) is 0 Å². The minimum atomic E-state index is -0.926. The molecule has 0 bridgehead atoms. The van der Waals surface area contributed by atoms with E-state index in [1.54, 1.807) is 43.3 Å². The molecule has 266 valence electrons. The molecule has 1 unspecified atom stereocenters. The van der Waals surface area contributed by atoms with E-state index >= 15 is 0 Å². The fraction of sp³-hybridized carbons (Fsp3) is 0.400. The first-order chi connectivity index (χ1) is 24.0. The van der Waals surface area contributed by atoms with Gasteiger partial charge in [0.2, 0.25) is 11.8 Å². The number of benzene rings is 2. The number of hydrogen-bond acceptors (Lipinski definition) is 11. The van der Waals surface area contributed by atoms with E-state index in [0.29, 0.717) is 49.8 Å². The van der Waals surface area contributed by atoms with Crippen LogP contribution in [0.15, 0.2) is 48.8 Å². The lowest BCUT2D eigenvalue weighted by molar-refractivity contribution is -0.385. The third-order valence-electron chi connectivity index (χ3n) is 8.21. The zero-order chi connectivity index (χ0) is 36.2. The number of rotatable bonds is 11. The number of nitrogens with one attached hydrogen (secondary N) is 2. The SMILES string of the molecule is COc1ccc(C(CC(=O)NCCNC(=O)Cn2cc([N+](=O)[O-])cn2)c2c(O)cc3c(c2O)C(=O)O[C@@H](C)CCCC(=O)CCC/C=C/3)cc1. The number of Topliss-reactive ketones (excluding diaryl/α,β-unsaturated/α-hetero) is 1. The Morgan fingerprint density at radius 2 is 1.82 bits per heavy atom. The summed E-state index contributed by atoms with van der Waals surface area (Å²) in [6, 6.07) is 8.05. The van der Waals surface area contributed by atoms with E-state index in [2.05, 4.69) is 15.7 Å². The molecule has 2 heterocycles. The maximum absolute atomic E-state index is 13.5. The van der Waals surface area contributed by atoms with E-state index in [1.807, 2.05) is 0 Å². The lowest BCUT2D eigenvalue weighted by atomic mass is 9.84. The maximum atomic E-state index is 13.5. The van der Waals surface area contributed by atoms with E-state index in [1.165, 1.54) is 13.2 Å². The second-order valence-electron chi connectivity index (χ2n) is 11.9. The number of aromatic hydroxyl groups is 2. The molecule has 1 aliphatic heterocycles. The summed E-state index contributed by atoms with van der Waals surface area (Å²) in [6.45, 7) is 1.52. The highest BCUT2D eigenvalue weighted by Crippen LogP contribution is 2.44. The number of phenolic OH excluding ortho intramolecular Hbond substituents is 2. The Labute approximate surface area is 288 Å². The van der Waals surface area contributed by atoms with Crippen LogP contribution < -0.4 is 15.4 Å². The number of amides is 2. The quantitative estimate of drug-likeness (QED) is 0.0971. The van der Waals surface area contributed by atoms with Crippen molar-refractivity contribution in [1.29, 1.82) is 0 Å². The van der Waals surface area contributed by atoms with Crippen LogP contribution in [0.4, 0.5) is 5.69 Å². The van der Waals surface area contributed by atoms with Gasteiger partial charge in [-0.25, -0.2) is 4.79 Å². The average molecular weight is 692 g/mol. The number of nitrogens with zero attached hydrogens (tertiary/aromatic N) is 3. The van der Waals surface area contributed by atoms with Crippen LogP contribution in [0.2, 0.25) is 0 Å². The Hall–Kier alpha value is -5.73. The summed E-state index contributed by atoms with van der Waals surface area (Å²) in [5.74, 6) is -2.87. The number of carbonyl (C=O) groups excluding carboxylic acids is 4. The Kier molecular flexibility index (Phi) is 13.1. The summed E-state index contributed by atoms with van der Waals surface area (Å²) in [5, 5.41) is 42.9. The van der Waals surface area contributed by atoms with Gasteiger partial charge >= 0.3 is 11.7 Å². The monoisotopic (exact) mass is 691 g/mol. The number of fused-ring (bicyclic) bond motifs is 1. The van der Waals surface area contributed by atoms with Gasteiger partial charge in [0.25, 0.3) is 0 Å². The van der Waals surface area contributed by atoms with E-state index in [9.17, 15) is 39.5 Å². The van der Waals surface area contributed by atoms with Gasteiger partial charge in [0, 0.05) is 43.8 Å². The lowest BCUT2D eigenvalue weighted by Gasteiger charge is -2.23. The normalized spacial score (nSPS) is 16.6. The summed E-state index contributed by atoms with van der Waals surface area (Å²) in [7, 11) is 1.50. The number of methoxy groups -OCH3 is 1. The van der Waals surface area contributed by atoms with Crippen LogP contribution in [-0.4, -0.2) is 74.8 Å². The smallest absolute Gasteiger partial charge is 0.342 e. The van der Waals surface area contributed by atoms with Crippen LogP contribution in [-0.2, 0) is 25.7 Å². The summed E-state index contributed by atoms with van der Waals surface area (Å²) in [5.41, 5.74) is 0.315. The molecule has 0 saturated heterocycles. The van der Waals surface area contributed by atoms with Crippen LogP contribution >= 0.6 is 0 Å². The first kappa shape index (κ1) is 37.1. The van der Waals surface area contributed by atoms with Crippen LogP contribution in [0.3, 0.4) is 0 Å². The molecule has 0 fully saturated rings. The van der Waals surface area contributed by atoms with Gasteiger partial charge in [0.1, 0.15) is 47.5 Å². The Morgan fingerprint density at radius 1 is 1.12 bits per heavy atom. The molecule has 2 amide bonds. The van der Waals surface area contributed by atoms with Gasteiger partial charge in [-0.3, -0.25) is 29.2 Å². The largest absolute Gasteiger partial charge is 0.507 e. The van der Waals surface area contributed by atoms with Crippen LogP contribution in [0.1, 0.15) is 84.8 Å². The highest BCUT2D eigenvalue weighted by atomic mass is 16.6. The number of ether oxygens (including phenoxy) is 2. The van der Waals surface area contributed by atoms with E-state index < -0.39 is 40.5 Å². The zero-order valence-corrected chi connectivity index (χ0v) is 27.9. The van der Waals surface area contributed by atoms with Crippen molar-refractivity contribution in [1.82, 2.24) is 20.4 Å². The number of ketones is 1. The Bertz CT molecular complexity index is 1730. The van der Waals surface area contributed by atoms with E-state index in [0.717, 1.165) is 17.1 Å². The number of hydrogen-bond donors (Lipinski definition) is 4. The molecular formula is C35H41N5O10. The van der Waals surface area contributed by atoms with Crippen LogP contribution in [0.5, 0.6) is 17.2 Å². The molecule has 3 aromatic rings. The van der Waals surface area contributed by atoms with Crippen molar-refractivity contribution >= 4 is 35.3 Å². The average Bonchev–Trinajstić information content (AvgIpc) is 3.54.